The van der Waals surface area contributed by atoms with Crippen molar-refractivity contribution in [2.75, 3.05) is 6.54 Å². The molecule has 0 fully saturated rings. The average molecular weight is 219 g/mol. The number of nitrogens with two attached hydrogens (primary N) is 1. The molecule has 0 saturated heterocycles. The molecule has 0 spiro atoms. The molecule has 0 saturated carbocycles. The number of aryl methyl sites for hydroxylation is 1. The lowest BCUT2D eigenvalue weighted by molar-refractivity contribution is 0.816. The van der Waals surface area contributed by atoms with Crippen molar-refractivity contribution in [3.05, 3.63) is 35.6 Å². The van der Waals surface area contributed by atoms with E-state index in [0.29, 0.717) is 0 Å². The van der Waals surface area contributed by atoms with Gasteiger partial charge < -0.3 is 5.73 Å². The van der Waals surface area contributed by atoms with E-state index >= 15 is 0 Å². The van der Waals surface area contributed by atoms with Crippen molar-refractivity contribution in [1.29, 1.82) is 0 Å². The minimum atomic E-state index is 0.722. The Labute approximate surface area is 93.0 Å². The van der Waals surface area contributed by atoms with Crippen molar-refractivity contribution in [3.8, 4) is 10.6 Å². The highest BCUT2D eigenvalue weighted by molar-refractivity contribution is 7.13. The topological polar surface area (TPSA) is 51.8 Å². The van der Waals surface area contributed by atoms with Gasteiger partial charge in [0.25, 0.3) is 0 Å². The molecular formula is C11H13N3S. The Balaban J connectivity index is 2.14. The van der Waals surface area contributed by atoms with Crippen LogP contribution >= 0.6 is 11.3 Å². The number of aromatic nitrogens is 2. The van der Waals surface area contributed by atoms with Crippen molar-refractivity contribution < 1.29 is 0 Å². The van der Waals surface area contributed by atoms with E-state index in [-0.39, 0.29) is 0 Å². The summed E-state index contributed by atoms with van der Waals surface area (Å²) in [7, 11) is 0. The predicted octanol–water partition coefficient (Wildman–Crippen LogP) is 2.10. The minimum Gasteiger partial charge on any atom is -0.330 e. The largest absolute Gasteiger partial charge is 0.330 e. The molecule has 4 heteroatoms. The van der Waals surface area contributed by atoms with Gasteiger partial charge in [0, 0.05) is 23.3 Å². The minimum absolute atomic E-state index is 0.722. The molecule has 15 heavy (non-hydrogen) atoms. The zero-order valence-corrected chi connectivity index (χ0v) is 9.20. The maximum atomic E-state index is 5.46. The van der Waals surface area contributed by atoms with Crippen molar-refractivity contribution in [3.63, 3.8) is 0 Å². The maximum Gasteiger partial charge on any atom is 0.125 e. The van der Waals surface area contributed by atoms with Gasteiger partial charge in [-0.1, -0.05) is 0 Å². The molecule has 2 aromatic rings. The van der Waals surface area contributed by atoms with E-state index in [1.165, 1.54) is 0 Å². The van der Waals surface area contributed by atoms with Crippen molar-refractivity contribution in [2.45, 2.75) is 12.8 Å². The van der Waals surface area contributed by atoms with Crippen LogP contribution < -0.4 is 5.73 Å². The summed E-state index contributed by atoms with van der Waals surface area (Å²) in [4.78, 5) is 8.62. The van der Waals surface area contributed by atoms with Crippen LogP contribution in [-0.4, -0.2) is 16.5 Å². The van der Waals surface area contributed by atoms with E-state index < -0.39 is 0 Å². The highest BCUT2D eigenvalue weighted by Crippen LogP contribution is 2.22. The summed E-state index contributed by atoms with van der Waals surface area (Å²) in [6.45, 7) is 0.722. The molecule has 2 N–H and O–H groups in total. The Morgan fingerprint density at radius 1 is 1.40 bits per heavy atom. The molecule has 2 rings (SSSR count). The van der Waals surface area contributed by atoms with Gasteiger partial charge >= 0.3 is 0 Å². The normalized spacial score (nSPS) is 10.5. The maximum absolute atomic E-state index is 5.46. The van der Waals surface area contributed by atoms with Gasteiger partial charge in [-0.05, 0) is 31.5 Å². The predicted molar refractivity (Wildman–Crippen MR) is 62.7 cm³/mol. The Morgan fingerprint density at radius 2 is 2.33 bits per heavy atom. The number of hydrogen-bond donors (Lipinski definition) is 1. The first-order chi connectivity index (χ1) is 7.40. The summed E-state index contributed by atoms with van der Waals surface area (Å²) >= 11 is 1.66. The van der Waals surface area contributed by atoms with E-state index in [0.717, 1.165) is 35.7 Å². The molecule has 0 aliphatic carbocycles. The first kappa shape index (κ1) is 10.3. The third-order valence-electron chi connectivity index (χ3n) is 2.10. The second-order valence-electron chi connectivity index (χ2n) is 3.28. The van der Waals surface area contributed by atoms with Crippen molar-refractivity contribution >= 4 is 11.3 Å². The molecule has 2 heterocycles. The molecule has 0 aliphatic heterocycles. The second kappa shape index (κ2) is 5.00. The van der Waals surface area contributed by atoms with E-state index in [4.69, 9.17) is 5.73 Å². The van der Waals surface area contributed by atoms with Crippen molar-refractivity contribution in [1.82, 2.24) is 9.97 Å². The molecule has 3 nitrogen and oxygen atoms in total. The Morgan fingerprint density at radius 3 is 3.07 bits per heavy atom. The summed E-state index contributed by atoms with van der Waals surface area (Å²) in [6.07, 6.45) is 5.57. The summed E-state index contributed by atoms with van der Waals surface area (Å²) in [5, 5.41) is 3.13. The lowest BCUT2D eigenvalue weighted by Gasteiger charge is -1.94. The van der Waals surface area contributed by atoms with Gasteiger partial charge in [0.15, 0.2) is 0 Å². The molecule has 0 unspecified atom stereocenters. The molecule has 78 valence electrons. The van der Waals surface area contributed by atoms with Crippen LogP contribution in [0.4, 0.5) is 0 Å². The van der Waals surface area contributed by atoms with Gasteiger partial charge in [-0.2, -0.15) is 0 Å². The van der Waals surface area contributed by atoms with Crippen LogP contribution in [-0.2, 0) is 6.42 Å². The standard InChI is InChI=1S/C11H13N3S/c12-5-1-4-10-8-15-11(14-10)9-3-2-6-13-7-9/h2-3,6-8H,1,4-5,12H2. The number of rotatable bonds is 4. The van der Waals surface area contributed by atoms with Crippen LogP contribution in [0.25, 0.3) is 10.6 Å². The number of thiazole rings is 1. The fourth-order valence-electron chi connectivity index (χ4n) is 1.33. The molecule has 0 radical (unpaired) electrons. The molecule has 0 bridgehead atoms. The van der Waals surface area contributed by atoms with E-state index in [9.17, 15) is 0 Å². The smallest absolute Gasteiger partial charge is 0.125 e. The van der Waals surface area contributed by atoms with Crippen molar-refractivity contribution in [2.24, 2.45) is 5.73 Å². The van der Waals surface area contributed by atoms with E-state index in [1.807, 2.05) is 18.3 Å². The molecule has 0 atom stereocenters. The van der Waals surface area contributed by atoms with Crippen LogP contribution in [0.2, 0.25) is 0 Å². The lowest BCUT2D eigenvalue weighted by atomic mass is 10.2. The van der Waals surface area contributed by atoms with Crippen LogP contribution in [0.15, 0.2) is 29.9 Å². The number of pyridine rings is 1. The fraction of sp³-hybridized carbons (Fsp3) is 0.273. The first-order valence-electron chi connectivity index (χ1n) is 4.95. The quantitative estimate of drug-likeness (QED) is 0.856. The fourth-order valence-corrected chi connectivity index (χ4v) is 2.17. The summed E-state index contributed by atoms with van der Waals surface area (Å²) < 4.78 is 0. The summed E-state index contributed by atoms with van der Waals surface area (Å²) in [5.74, 6) is 0. The Kier molecular flexibility index (Phi) is 3.42. The van der Waals surface area contributed by atoms with Gasteiger partial charge in [-0.25, -0.2) is 4.98 Å². The van der Waals surface area contributed by atoms with Gasteiger partial charge in [0.05, 0.1) is 5.69 Å². The van der Waals surface area contributed by atoms with Gasteiger partial charge in [0.1, 0.15) is 5.01 Å². The highest BCUT2D eigenvalue weighted by atomic mass is 32.1. The van der Waals surface area contributed by atoms with E-state index in [2.05, 4.69) is 15.3 Å². The monoisotopic (exact) mass is 219 g/mol. The van der Waals surface area contributed by atoms with Gasteiger partial charge in [-0.3, -0.25) is 4.98 Å². The molecule has 0 aromatic carbocycles. The zero-order chi connectivity index (χ0) is 10.5. The van der Waals surface area contributed by atoms with E-state index in [1.54, 1.807) is 17.5 Å². The molecule has 2 aromatic heterocycles. The Bertz CT molecular complexity index is 411. The lowest BCUT2D eigenvalue weighted by Crippen LogP contribution is -2.00. The van der Waals surface area contributed by atoms with Gasteiger partial charge in [-0.15, -0.1) is 11.3 Å². The highest BCUT2D eigenvalue weighted by Gasteiger charge is 2.03. The Hall–Kier alpha value is -1.26. The number of nitrogens with zero attached hydrogens (tertiary/aromatic N) is 2. The second-order valence-corrected chi connectivity index (χ2v) is 4.14. The summed E-state index contributed by atoms with van der Waals surface area (Å²) in [5.41, 5.74) is 7.67. The zero-order valence-electron chi connectivity index (χ0n) is 8.39. The molecule has 0 aliphatic rings. The van der Waals surface area contributed by atoms with Crippen LogP contribution in [0.1, 0.15) is 12.1 Å². The first-order valence-corrected chi connectivity index (χ1v) is 5.83. The third-order valence-corrected chi connectivity index (χ3v) is 3.04. The average Bonchev–Trinajstić information content (AvgIpc) is 2.76. The van der Waals surface area contributed by atoms with Crippen LogP contribution in [0.3, 0.4) is 0 Å². The SMILES string of the molecule is NCCCc1csc(-c2cccnc2)n1. The number of hydrogen-bond acceptors (Lipinski definition) is 4. The van der Waals surface area contributed by atoms with Gasteiger partial charge in [0.2, 0.25) is 0 Å². The summed E-state index contributed by atoms with van der Waals surface area (Å²) in [6, 6.07) is 3.95. The molecular weight excluding hydrogens is 206 g/mol. The molecule has 0 amide bonds. The third kappa shape index (κ3) is 2.61. The van der Waals surface area contributed by atoms with Crippen LogP contribution in [0, 0.1) is 0 Å². The van der Waals surface area contributed by atoms with Crippen LogP contribution in [0.5, 0.6) is 0 Å².